The van der Waals surface area contributed by atoms with E-state index < -0.39 is 5.54 Å². The molecule has 17 heavy (non-hydrogen) atoms. The first-order valence-corrected chi connectivity index (χ1v) is 6.11. The lowest BCUT2D eigenvalue weighted by atomic mass is 9.98. The largest absolute Gasteiger partial charge is 0.324 e. The fourth-order valence-corrected chi connectivity index (χ4v) is 1.62. The Morgan fingerprint density at radius 1 is 1.41 bits per heavy atom. The number of benzene rings is 1. The van der Waals surface area contributed by atoms with Crippen LogP contribution in [-0.2, 0) is 11.2 Å². The predicted molar refractivity (Wildman–Crippen MR) is 72.1 cm³/mol. The monoisotopic (exact) mass is 234 g/mol. The maximum absolute atomic E-state index is 12.0. The molecule has 0 aliphatic rings. The fourth-order valence-electron chi connectivity index (χ4n) is 1.62. The normalized spacial score (nSPS) is 14.2. The van der Waals surface area contributed by atoms with Gasteiger partial charge in [0.05, 0.1) is 5.54 Å². The highest BCUT2D eigenvalue weighted by Crippen LogP contribution is 2.22. The molecule has 0 saturated heterocycles. The van der Waals surface area contributed by atoms with E-state index >= 15 is 0 Å². The summed E-state index contributed by atoms with van der Waals surface area (Å²) in [5, 5.41) is 2.96. The highest BCUT2D eigenvalue weighted by molar-refractivity contribution is 5.98. The zero-order valence-electron chi connectivity index (χ0n) is 11.1. The molecule has 1 rings (SSSR count). The van der Waals surface area contributed by atoms with Gasteiger partial charge in [-0.3, -0.25) is 4.79 Å². The minimum Gasteiger partial charge on any atom is -0.324 e. The van der Waals surface area contributed by atoms with Crippen LogP contribution in [0.3, 0.4) is 0 Å². The number of aryl methyl sites for hydroxylation is 2. The molecular weight excluding hydrogens is 212 g/mol. The first-order valence-electron chi connectivity index (χ1n) is 6.11. The number of anilines is 1. The Labute approximate surface area is 103 Å². The van der Waals surface area contributed by atoms with Gasteiger partial charge in [0.25, 0.3) is 0 Å². The van der Waals surface area contributed by atoms with Gasteiger partial charge in [0.2, 0.25) is 5.91 Å². The Kier molecular flexibility index (Phi) is 4.29. The number of hydrogen-bond donors (Lipinski definition) is 2. The molecule has 0 heterocycles. The van der Waals surface area contributed by atoms with Gasteiger partial charge in [0.1, 0.15) is 0 Å². The molecule has 0 bridgehead atoms. The highest BCUT2D eigenvalue weighted by atomic mass is 16.2. The molecule has 3 N–H and O–H groups in total. The van der Waals surface area contributed by atoms with Gasteiger partial charge < -0.3 is 11.1 Å². The molecule has 0 fully saturated rings. The lowest BCUT2D eigenvalue weighted by molar-refractivity contribution is -0.120. The Bertz CT molecular complexity index is 411. The highest BCUT2D eigenvalue weighted by Gasteiger charge is 2.26. The van der Waals surface area contributed by atoms with E-state index in [0.717, 1.165) is 23.2 Å². The molecule has 0 aromatic heterocycles. The van der Waals surface area contributed by atoms with Gasteiger partial charge in [-0.25, -0.2) is 0 Å². The third kappa shape index (κ3) is 3.07. The molecule has 3 heteroatoms. The maximum atomic E-state index is 12.0. The van der Waals surface area contributed by atoms with Crippen molar-refractivity contribution in [2.75, 3.05) is 5.32 Å². The van der Waals surface area contributed by atoms with Gasteiger partial charge >= 0.3 is 0 Å². The van der Waals surface area contributed by atoms with Gasteiger partial charge in [-0.1, -0.05) is 32.0 Å². The molecule has 0 aliphatic heterocycles. The molecule has 1 aromatic carbocycles. The quantitative estimate of drug-likeness (QED) is 0.841. The third-order valence-corrected chi connectivity index (χ3v) is 3.23. The first-order chi connectivity index (χ1) is 7.92. The predicted octanol–water partition coefficient (Wildman–Crippen LogP) is 2.62. The molecular formula is C14H22N2O. The number of nitrogens with two attached hydrogens (primary N) is 1. The van der Waals surface area contributed by atoms with Crippen LogP contribution in [0.4, 0.5) is 5.69 Å². The molecule has 1 atom stereocenters. The number of nitrogens with one attached hydrogen (secondary N) is 1. The van der Waals surface area contributed by atoms with Crippen molar-refractivity contribution in [3.63, 3.8) is 0 Å². The van der Waals surface area contributed by atoms with Gasteiger partial charge in [-0.2, -0.15) is 0 Å². The van der Waals surface area contributed by atoms with Crippen LogP contribution in [-0.4, -0.2) is 11.4 Å². The van der Waals surface area contributed by atoms with E-state index in [9.17, 15) is 4.79 Å². The van der Waals surface area contributed by atoms with Crippen LogP contribution in [0.15, 0.2) is 18.2 Å². The summed E-state index contributed by atoms with van der Waals surface area (Å²) in [5.41, 5.74) is 8.25. The van der Waals surface area contributed by atoms with Crippen molar-refractivity contribution in [1.29, 1.82) is 0 Å². The van der Waals surface area contributed by atoms with Crippen molar-refractivity contribution in [1.82, 2.24) is 0 Å². The molecule has 0 saturated carbocycles. The summed E-state index contributed by atoms with van der Waals surface area (Å²) < 4.78 is 0. The van der Waals surface area contributed by atoms with Crippen LogP contribution in [0.2, 0.25) is 0 Å². The second-order valence-electron chi connectivity index (χ2n) is 4.69. The first kappa shape index (κ1) is 13.7. The van der Waals surface area contributed by atoms with Crippen LogP contribution in [0.25, 0.3) is 0 Å². The second-order valence-corrected chi connectivity index (χ2v) is 4.69. The lowest BCUT2D eigenvalue weighted by Crippen LogP contribution is -2.48. The van der Waals surface area contributed by atoms with E-state index in [1.54, 1.807) is 6.92 Å². The van der Waals surface area contributed by atoms with Crippen molar-refractivity contribution in [3.8, 4) is 0 Å². The summed E-state index contributed by atoms with van der Waals surface area (Å²) in [5.74, 6) is -0.121. The standard InChI is InChI=1S/C14H22N2O/c1-5-11-9-7-8-10(3)12(11)16-13(17)14(4,15)6-2/h7-9H,5-6,15H2,1-4H3,(H,16,17). The maximum Gasteiger partial charge on any atom is 0.244 e. The van der Waals surface area contributed by atoms with E-state index in [0.29, 0.717) is 6.42 Å². The van der Waals surface area contributed by atoms with Crippen LogP contribution in [0, 0.1) is 6.92 Å². The Morgan fingerprint density at radius 2 is 2.06 bits per heavy atom. The number of hydrogen-bond acceptors (Lipinski definition) is 2. The topological polar surface area (TPSA) is 55.1 Å². The van der Waals surface area contributed by atoms with Crippen molar-refractivity contribution < 1.29 is 4.79 Å². The minimum atomic E-state index is -0.812. The number of para-hydroxylation sites is 1. The number of rotatable bonds is 4. The van der Waals surface area contributed by atoms with Crippen LogP contribution >= 0.6 is 0 Å². The molecule has 94 valence electrons. The summed E-state index contributed by atoms with van der Waals surface area (Å²) in [7, 11) is 0. The molecule has 0 spiro atoms. The van der Waals surface area contributed by atoms with Crippen molar-refractivity contribution in [2.45, 2.75) is 46.1 Å². The number of carbonyl (C=O) groups excluding carboxylic acids is 1. The van der Waals surface area contributed by atoms with Gasteiger partial charge in [0.15, 0.2) is 0 Å². The van der Waals surface area contributed by atoms with Crippen molar-refractivity contribution >= 4 is 11.6 Å². The fraction of sp³-hybridized carbons (Fsp3) is 0.500. The molecule has 0 radical (unpaired) electrons. The van der Waals surface area contributed by atoms with Gasteiger partial charge in [0, 0.05) is 5.69 Å². The van der Waals surface area contributed by atoms with Crippen molar-refractivity contribution in [2.24, 2.45) is 5.73 Å². The van der Waals surface area contributed by atoms with Gasteiger partial charge in [-0.15, -0.1) is 0 Å². The second kappa shape index (κ2) is 5.32. The Morgan fingerprint density at radius 3 is 2.59 bits per heavy atom. The summed E-state index contributed by atoms with van der Waals surface area (Å²) in [6.07, 6.45) is 1.51. The molecule has 1 unspecified atom stereocenters. The summed E-state index contributed by atoms with van der Waals surface area (Å²) in [4.78, 5) is 12.0. The summed E-state index contributed by atoms with van der Waals surface area (Å²) in [6.45, 7) is 7.74. The molecule has 1 aromatic rings. The Hall–Kier alpha value is -1.35. The van der Waals surface area contributed by atoms with Crippen molar-refractivity contribution in [3.05, 3.63) is 29.3 Å². The molecule has 0 aliphatic carbocycles. The zero-order valence-corrected chi connectivity index (χ0v) is 11.1. The van der Waals surface area contributed by atoms with Crippen LogP contribution in [0.5, 0.6) is 0 Å². The van der Waals surface area contributed by atoms with E-state index in [4.69, 9.17) is 5.73 Å². The van der Waals surface area contributed by atoms with Crippen LogP contribution < -0.4 is 11.1 Å². The third-order valence-electron chi connectivity index (χ3n) is 3.23. The lowest BCUT2D eigenvalue weighted by Gasteiger charge is -2.23. The summed E-state index contributed by atoms with van der Waals surface area (Å²) in [6, 6.07) is 6.03. The minimum absolute atomic E-state index is 0.121. The average Bonchev–Trinajstić information content (AvgIpc) is 2.31. The van der Waals surface area contributed by atoms with E-state index in [2.05, 4.69) is 12.2 Å². The average molecular weight is 234 g/mol. The van der Waals surface area contributed by atoms with E-state index in [-0.39, 0.29) is 5.91 Å². The molecule has 1 amide bonds. The molecule has 3 nitrogen and oxygen atoms in total. The number of carbonyl (C=O) groups is 1. The van der Waals surface area contributed by atoms with Gasteiger partial charge in [-0.05, 0) is 37.8 Å². The smallest absolute Gasteiger partial charge is 0.244 e. The van der Waals surface area contributed by atoms with Crippen LogP contribution in [0.1, 0.15) is 38.3 Å². The summed E-state index contributed by atoms with van der Waals surface area (Å²) >= 11 is 0. The Balaban J connectivity index is 2.99. The SMILES string of the molecule is CCc1cccc(C)c1NC(=O)C(C)(N)CC. The number of amides is 1. The zero-order chi connectivity index (χ0) is 13.1. The van der Waals surface area contributed by atoms with E-state index in [1.807, 2.05) is 32.0 Å². The van der Waals surface area contributed by atoms with E-state index in [1.165, 1.54) is 0 Å².